The lowest BCUT2D eigenvalue weighted by atomic mass is 10.1. The lowest BCUT2D eigenvalue weighted by molar-refractivity contribution is 0.389. The summed E-state index contributed by atoms with van der Waals surface area (Å²) in [6, 6.07) is 3.88. The third-order valence-corrected chi connectivity index (χ3v) is 4.32. The number of hydrogen-bond acceptors (Lipinski definition) is 2. The number of nitrogens with zero attached hydrogens (tertiary/aromatic N) is 1. The molecule has 0 bridgehead atoms. The largest absolute Gasteiger partial charge is 0.310 e. The third kappa shape index (κ3) is 5.49. The standard InChI is InChI=1S/C14H21Cl3N2/c1-10(18-8-4-5-9-19(2)3)11-6-7-12(15)14(17)13(11)16/h6-7,10,18H,4-5,8-9H2,1-3H3. The Bertz CT molecular complexity index is 408. The molecular formula is C14H21Cl3N2. The van der Waals surface area contributed by atoms with E-state index in [1.807, 2.05) is 6.07 Å². The SMILES string of the molecule is CC(NCCCCN(C)C)c1ccc(Cl)c(Cl)c1Cl. The Kier molecular flexibility index (Phi) is 7.48. The van der Waals surface area contributed by atoms with E-state index >= 15 is 0 Å². The van der Waals surface area contributed by atoms with Crippen LogP contribution in [0.15, 0.2) is 12.1 Å². The van der Waals surface area contributed by atoms with Gasteiger partial charge in [0, 0.05) is 6.04 Å². The van der Waals surface area contributed by atoms with E-state index in [1.165, 1.54) is 6.42 Å². The quantitative estimate of drug-likeness (QED) is 0.581. The molecule has 1 atom stereocenters. The van der Waals surface area contributed by atoms with Crippen molar-refractivity contribution in [2.75, 3.05) is 27.2 Å². The molecule has 0 aliphatic carbocycles. The molecule has 0 heterocycles. The fourth-order valence-corrected chi connectivity index (χ4v) is 2.56. The Balaban J connectivity index is 2.46. The van der Waals surface area contributed by atoms with Gasteiger partial charge in [-0.05, 0) is 58.6 Å². The number of halogens is 3. The maximum absolute atomic E-state index is 6.21. The van der Waals surface area contributed by atoms with Crippen molar-refractivity contribution >= 4 is 34.8 Å². The molecule has 1 aromatic carbocycles. The first-order valence-corrected chi connectivity index (χ1v) is 7.58. The monoisotopic (exact) mass is 322 g/mol. The first-order valence-electron chi connectivity index (χ1n) is 6.45. The van der Waals surface area contributed by atoms with Gasteiger partial charge in [-0.2, -0.15) is 0 Å². The summed E-state index contributed by atoms with van der Waals surface area (Å²) in [5.74, 6) is 0. The number of rotatable bonds is 7. The zero-order chi connectivity index (χ0) is 14.4. The summed E-state index contributed by atoms with van der Waals surface area (Å²) in [4.78, 5) is 2.19. The van der Waals surface area contributed by atoms with Gasteiger partial charge in [0.25, 0.3) is 0 Å². The van der Waals surface area contributed by atoms with Crippen LogP contribution in [0.4, 0.5) is 0 Å². The minimum absolute atomic E-state index is 0.168. The van der Waals surface area contributed by atoms with Gasteiger partial charge in [-0.15, -0.1) is 0 Å². The molecule has 0 amide bonds. The molecule has 0 aliphatic heterocycles. The molecule has 1 N–H and O–H groups in total. The van der Waals surface area contributed by atoms with Crippen LogP contribution in [-0.4, -0.2) is 32.1 Å². The first-order chi connectivity index (χ1) is 8.93. The minimum atomic E-state index is 0.168. The molecule has 19 heavy (non-hydrogen) atoms. The molecule has 0 saturated carbocycles. The molecule has 0 spiro atoms. The van der Waals surface area contributed by atoms with Crippen LogP contribution < -0.4 is 5.32 Å². The van der Waals surface area contributed by atoms with Crippen LogP contribution in [-0.2, 0) is 0 Å². The van der Waals surface area contributed by atoms with Crippen LogP contribution in [0.5, 0.6) is 0 Å². The zero-order valence-electron chi connectivity index (χ0n) is 11.6. The summed E-state index contributed by atoms with van der Waals surface area (Å²) in [5.41, 5.74) is 0.990. The summed E-state index contributed by atoms with van der Waals surface area (Å²) >= 11 is 18.2. The van der Waals surface area contributed by atoms with Crippen molar-refractivity contribution in [2.45, 2.75) is 25.8 Å². The molecule has 0 saturated heterocycles. The maximum Gasteiger partial charge on any atom is 0.0781 e. The van der Waals surface area contributed by atoms with Crippen molar-refractivity contribution < 1.29 is 0 Å². The van der Waals surface area contributed by atoms with Gasteiger partial charge in [0.15, 0.2) is 0 Å². The maximum atomic E-state index is 6.21. The second kappa shape index (κ2) is 8.33. The second-order valence-corrected chi connectivity index (χ2v) is 6.11. The molecule has 0 aromatic heterocycles. The van der Waals surface area contributed by atoms with Gasteiger partial charge < -0.3 is 10.2 Å². The van der Waals surface area contributed by atoms with E-state index in [-0.39, 0.29) is 6.04 Å². The van der Waals surface area contributed by atoms with Crippen LogP contribution >= 0.6 is 34.8 Å². The number of benzene rings is 1. The minimum Gasteiger partial charge on any atom is -0.310 e. The van der Waals surface area contributed by atoms with Gasteiger partial charge in [-0.3, -0.25) is 0 Å². The Morgan fingerprint density at radius 2 is 1.79 bits per heavy atom. The highest BCUT2D eigenvalue weighted by molar-refractivity contribution is 6.48. The molecule has 0 radical (unpaired) electrons. The van der Waals surface area contributed by atoms with Crippen LogP contribution in [0.2, 0.25) is 15.1 Å². The number of unbranched alkanes of at least 4 members (excludes halogenated alkanes) is 1. The van der Waals surface area contributed by atoms with E-state index in [0.29, 0.717) is 15.1 Å². The molecule has 1 rings (SSSR count). The van der Waals surface area contributed by atoms with Crippen molar-refractivity contribution in [3.63, 3.8) is 0 Å². The lowest BCUT2D eigenvalue weighted by Gasteiger charge is -2.17. The average Bonchev–Trinajstić information content (AvgIpc) is 2.35. The molecule has 0 aliphatic rings. The summed E-state index contributed by atoms with van der Waals surface area (Å²) in [6.45, 7) is 4.16. The van der Waals surface area contributed by atoms with Gasteiger partial charge in [0.1, 0.15) is 0 Å². The summed E-state index contributed by atoms with van der Waals surface area (Å²) in [6.07, 6.45) is 2.32. The highest BCUT2D eigenvalue weighted by Gasteiger charge is 2.13. The molecule has 1 aromatic rings. The van der Waals surface area contributed by atoms with Crippen molar-refractivity contribution in [1.82, 2.24) is 10.2 Å². The number of nitrogens with one attached hydrogen (secondary N) is 1. The van der Waals surface area contributed by atoms with Gasteiger partial charge in [-0.1, -0.05) is 40.9 Å². The topological polar surface area (TPSA) is 15.3 Å². The van der Waals surface area contributed by atoms with Crippen molar-refractivity contribution in [1.29, 1.82) is 0 Å². The van der Waals surface area contributed by atoms with Crippen LogP contribution in [0.1, 0.15) is 31.4 Å². The first kappa shape index (κ1) is 17.1. The fourth-order valence-electron chi connectivity index (χ4n) is 1.86. The third-order valence-electron chi connectivity index (χ3n) is 3.01. The van der Waals surface area contributed by atoms with E-state index in [2.05, 4.69) is 31.2 Å². The number of hydrogen-bond donors (Lipinski definition) is 1. The van der Waals surface area contributed by atoms with E-state index in [1.54, 1.807) is 6.07 Å². The molecule has 108 valence electrons. The second-order valence-electron chi connectivity index (χ2n) is 4.95. The highest BCUT2D eigenvalue weighted by Crippen LogP contribution is 2.35. The van der Waals surface area contributed by atoms with E-state index in [0.717, 1.165) is 25.1 Å². The molecular weight excluding hydrogens is 303 g/mol. The average molecular weight is 324 g/mol. The van der Waals surface area contributed by atoms with E-state index < -0.39 is 0 Å². The molecule has 1 unspecified atom stereocenters. The Labute approximate surface area is 131 Å². The van der Waals surface area contributed by atoms with Crippen molar-refractivity contribution in [2.24, 2.45) is 0 Å². The van der Waals surface area contributed by atoms with Crippen LogP contribution in [0, 0.1) is 0 Å². The highest BCUT2D eigenvalue weighted by atomic mass is 35.5. The molecule has 5 heteroatoms. The van der Waals surface area contributed by atoms with E-state index in [9.17, 15) is 0 Å². The van der Waals surface area contributed by atoms with Gasteiger partial charge in [-0.25, -0.2) is 0 Å². The Hall–Kier alpha value is 0.01000. The van der Waals surface area contributed by atoms with Crippen LogP contribution in [0.3, 0.4) is 0 Å². The van der Waals surface area contributed by atoms with Crippen molar-refractivity contribution in [3.05, 3.63) is 32.8 Å². The Morgan fingerprint density at radius 1 is 1.11 bits per heavy atom. The summed E-state index contributed by atoms with van der Waals surface area (Å²) < 4.78 is 0. The summed E-state index contributed by atoms with van der Waals surface area (Å²) in [7, 11) is 4.18. The van der Waals surface area contributed by atoms with Gasteiger partial charge in [0.05, 0.1) is 15.1 Å². The van der Waals surface area contributed by atoms with Crippen LogP contribution in [0.25, 0.3) is 0 Å². The molecule has 2 nitrogen and oxygen atoms in total. The smallest absolute Gasteiger partial charge is 0.0781 e. The zero-order valence-corrected chi connectivity index (χ0v) is 13.9. The summed E-state index contributed by atoms with van der Waals surface area (Å²) in [5, 5.41) is 4.93. The predicted octanol–water partition coefficient (Wildman–Crippen LogP) is 4.64. The predicted molar refractivity (Wildman–Crippen MR) is 85.7 cm³/mol. The molecule has 0 fully saturated rings. The fraction of sp³-hybridized carbons (Fsp3) is 0.571. The lowest BCUT2D eigenvalue weighted by Crippen LogP contribution is -2.21. The Morgan fingerprint density at radius 3 is 2.42 bits per heavy atom. The van der Waals surface area contributed by atoms with Gasteiger partial charge in [0.2, 0.25) is 0 Å². The van der Waals surface area contributed by atoms with Gasteiger partial charge >= 0.3 is 0 Å². The normalized spacial score (nSPS) is 13.0. The van der Waals surface area contributed by atoms with E-state index in [4.69, 9.17) is 34.8 Å². The van der Waals surface area contributed by atoms with Crippen molar-refractivity contribution in [3.8, 4) is 0 Å².